The van der Waals surface area contributed by atoms with Crippen LogP contribution in [-0.2, 0) is 11.2 Å². The minimum atomic E-state index is -0.0722. The number of carbonyl (C=O) groups is 2. The van der Waals surface area contributed by atoms with Crippen molar-refractivity contribution < 1.29 is 14.3 Å². The van der Waals surface area contributed by atoms with E-state index in [0.717, 1.165) is 74.1 Å². The van der Waals surface area contributed by atoms with Crippen molar-refractivity contribution in [1.82, 2.24) is 4.90 Å². The monoisotopic (exact) mass is 518 g/mol. The average Bonchev–Trinajstić information content (AvgIpc) is 3.46. The summed E-state index contributed by atoms with van der Waals surface area (Å²) in [6, 6.07) is 17.8. The van der Waals surface area contributed by atoms with Crippen LogP contribution in [0.15, 0.2) is 60.0 Å². The van der Waals surface area contributed by atoms with E-state index in [1.54, 1.807) is 18.4 Å². The molecule has 7 nitrogen and oxygen atoms in total. The van der Waals surface area contributed by atoms with Crippen molar-refractivity contribution in [2.45, 2.75) is 25.7 Å². The zero-order valence-electron chi connectivity index (χ0n) is 21.3. The number of thiophene rings is 1. The number of para-hydroxylation sites is 2. The van der Waals surface area contributed by atoms with Crippen LogP contribution in [0.4, 0.5) is 17.1 Å². The number of carbonyl (C=O) groups excluding carboxylic acids is 2. The number of anilines is 3. The average molecular weight is 519 g/mol. The van der Waals surface area contributed by atoms with Crippen LogP contribution >= 0.6 is 11.3 Å². The van der Waals surface area contributed by atoms with Gasteiger partial charge in [-0.05, 0) is 61.0 Å². The maximum atomic E-state index is 13.7. The smallest absolute Gasteiger partial charge is 0.256 e. The second-order valence-corrected chi connectivity index (χ2v) is 10.6. The lowest BCUT2D eigenvalue weighted by molar-refractivity contribution is -0.115. The summed E-state index contributed by atoms with van der Waals surface area (Å²) in [5.74, 6) is 0.854. The molecule has 3 heterocycles. The number of methoxy groups -OCH3 is 1. The molecule has 1 N–H and O–H groups in total. The van der Waals surface area contributed by atoms with Crippen molar-refractivity contribution in [3.8, 4) is 5.75 Å². The first-order valence-electron chi connectivity index (χ1n) is 13.0. The zero-order valence-corrected chi connectivity index (χ0v) is 22.1. The second kappa shape index (κ2) is 11.7. The van der Waals surface area contributed by atoms with Crippen LogP contribution in [-0.4, -0.2) is 63.1 Å². The third kappa shape index (κ3) is 5.91. The summed E-state index contributed by atoms with van der Waals surface area (Å²) < 4.78 is 5.57. The van der Waals surface area contributed by atoms with Gasteiger partial charge in [-0.25, -0.2) is 0 Å². The molecule has 2 aromatic carbocycles. The summed E-state index contributed by atoms with van der Waals surface area (Å²) in [5, 5.41) is 4.98. The Morgan fingerprint density at radius 2 is 1.59 bits per heavy atom. The topological polar surface area (TPSA) is 65.1 Å². The Balaban J connectivity index is 1.35. The molecule has 0 saturated carbocycles. The van der Waals surface area contributed by atoms with Gasteiger partial charge in [-0.1, -0.05) is 18.2 Å². The van der Waals surface area contributed by atoms with Gasteiger partial charge in [0.05, 0.1) is 24.8 Å². The number of amides is 2. The van der Waals surface area contributed by atoms with Crippen LogP contribution in [0.1, 0.15) is 34.5 Å². The Labute approximate surface area is 222 Å². The van der Waals surface area contributed by atoms with Gasteiger partial charge >= 0.3 is 0 Å². The lowest BCUT2D eigenvalue weighted by atomic mass is 10.1. The highest BCUT2D eigenvalue weighted by Gasteiger charge is 2.26. The van der Waals surface area contributed by atoms with Gasteiger partial charge in [-0.2, -0.15) is 0 Å². The zero-order chi connectivity index (χ0) is 25.6. The van der Waals surface area contributed by atoms with Crippen molar-refractivity contribution in [2.24, 2.45) is 0 Å². The van der Waals surface area contributed by atoms with E-state index >= 15 is 0 Å². The van der Waals surface area contributed by atoms with Gasteiger partial charge in [0, 0.05) is 55.5 Å². The van der Waals surface area contributed by atoms with E-state index in [4.69, 9.17) is 4.74 Å². The van der Waals surface area contributed by atoms with E-state index < -0.39 is 0 Å². The van der Waals surface area contributed by atoms with Crippen molar-refractivity contribution in [1.29, 1.82) is 0 Å². The molecule has 2 aliphatic heterocycles. The highest BCUT2D eigenvalue weighted by atomic mass is 32.1. The first-order chi connectivity index (χ1) is 18.1. The first kappa shape index (κ1) is 25.1. The third-order valence-corrected chi connectivity index (χ3v) is 7.99. The fourth-order valence-electron chi connectivity index (χ4n) is 5.18. The standard InChI is InChI=1S/C29H34N4O3S/c1-36-27-10-4-3-9-26(27)32-17-15-31(16-18-32)25-12-11-22(30-28(34)21-23-8-7-19-37-23)20-24(25)29(35)33-13-5-2-6-14-33/h3-4,7-12,19-20H,2,5-6,13-18,21H2,1H3,(H,30,34). The third-order valence-electron chi connectivity index (χ3n) is 7.12. The number of piperazine rings is 1. The van der Waals surface area contributed by atoms with Crippen LogP contribution < -0.4 is 19.9 Å². The number of nitrogens with one attached hydrogen (secondary N) is 1. The maximum absolute atomic E-state index is 13.7. The number of nitrogens with zero attached hydrogens (tertiary/aromatic N) is 3. The van der Waals surface area contributed by atoms with Crippen molar-refractivity contribution in [2.75, 3.05) is 61.5 Å². The summed E-state index contributed by atoms with van der Waals surface area (Å²) in [5.41, 5.74) is 3.37. The van der Waals surface area contributed by atoms with Crippen molar-refractivity contribution in [3.63, 3.8) is 0 Å². The predicted molar refractivity (Wildman–Crippen MR) is 150 cm³/mol. The molecule has 0 aliphatic carbocycles. The molecular formula is C29H34N4O3S. The normalized spacial score (nSPS) is 16.0. The molecule has 1 aromatic heterocycles. The second-order valence-electron chi connectivity index (χ2n) is 9.54. The molecule has 8 heteroatoms. The van der Waals surface area contributed by atoms with E-state index in [2.05, 4.69) is 21.2 Å². The van der Waals surface area contributed by atoms with Gasteiger partial charge in [0.25, 0.3) is 5.91 Å². The number of hydrogen-bond donors (Lipinski definition) is 1. The van der Waals surface area contributed by atoms with Crippen molar-refractivity contribution in [3.05, 3.63) is 70.4 Å². The number of piperidine rings is 1. The Morgan fingerprint density at radius 3 is 2.30 bits per heavy atom. The maximum Gasteiger partial charge on any atom is 0.256 e. The van der Waals surface area contributed by atoms with Crippen molar-refractivity contribution >= 4 is 40.2 Å². The molecule has 3 aromatic rings. The molecule has 0 bridgehead atoms. The van der Waals surface area contributed by atoms with E-state index in [0.29, 0.717) is 17.7 Å². The van der Waals surface area contributed by atoms with Gasteiger partial charge in [-0.15, -0.1) is 11.3 Å². The molecule has 5 rings (SSSR count). The fourth-order valence-corrected chi connectivity index (χ4v) is 5.89. The molecule has 2 saturated heterocycles. The summed E-state index contributed by atoms with van der Waals surface area (Å²) >= 11 is 1.57. The van der Waals surface area contributed by atoms with E-state index in [-0.39, 0.29) is 11.8 Å². The Bertz CT molecular complexity index is 1220. The molecule has 0 spiro atoms. The molecule has 37 heavy (non-hydrogen) atoms. The molecule has 2 fully saturated rings. The van der Waals surface area contributed by atoms with Crippen LogP contribution in [0.5, 0.6) is 5.75 Å². The molecular weight excluding hydrogens is 484 g/mol. The van der Waals surface area contributed by atoms with Crippen LogP contribution in [0, 0.1) is 0 Å². The predicted octanol–water partition coefficient (Wildman–Crippen LogP) is 4.89. The van der Waals surface area contributed by atoms with Gasteiger partial charge in [0.15, 0.2) is 0 Å². The van der Waals surface area contributed by atoms with Crippen LogP contribution in [0.3, 0.4) is 0 Å². The number of ether oxygens (including phenoxy) is 1. The number of likely N-dealkylation sites (tertiary alicyclic amines) is 1. The Kier molecular flexibility index (Phi) is 7.94. The van der Waals surface area contributed by atoms with Gasteiger partial charge < -0.3 is 24.8 Å². The van der Waals surface area contributed by atoms with E-state index in [9.17, 15) is 9.59 Å². The summed E-state index contributed by atoms with van der Waals surface area (Å²) in [6.45, 7) is 4.82. The molecule has 0 unspecified atom stereocenters. The Morgan fingerprint density at radius 1 is 0.865 bits per heavy atom. The first-order valence-corrected chi connectivity index (χ1v) is 13.9. The molecule has 2 aliphatic rings. The highest BCUT2D eigenvalue weighted by Crippen LogP contribution is 2.32. The van der Waals surface area contributed by atoms with Crippen LogP contribution in [0.2, 0.25) is 0 Å². The molecule has 0 atom stereocenters. The lowest BCUT2D eigenvalue weighted by Gasteiger charge is -2.39. The lowest BCUT2D eigenvalue weighted by Crippen LogP contribution is -2.47. The SMILES string of the molecule is COc1ccccc1N1CCN(c2ccc(NC(=O)Cc3cccs3)cc2C(=O)N2CCCCC2)CC1. The van der Waals surface area contributed by atoms with E-state index in [1.807, 2.05) is 58.8 Å². The molecule has 194 valence electrons. The number of hydrogen-bond acceptors (Lipinski definition) is 6. The minimum absolute atomic E-state index is 0.0520. The Hall–Kier alpha value is -3.52. The summed E-state index contributed by atoms with van der Waals surface area (Å²) in [6.07, 6.45) is 3.58. The largest absolute Gasteiger partial charge is 0.495 e. The highest BCUT2D eigenvalue weighted by molar-refractivity contribution is 7.10. The summed E-state index contributed by atoms with van der Waals surface area (Å²) in [4.78, 5) is 33.9. The number of rotatable bonds is 7. The van der Waals surface area contributed by atoms with Gasteiger partial charge in [0.2, 0.25) is 5.91 Å². The van der Waals surface area contributed by atoms with Gasteiger partial charge in [0.1, 0.15) is 5.75 Å². The van der Waals surface area contributed by atoms with E-state index in [1.165, 1.54) is 6.42 Å². The fraction of sp³-hybridized carbons (Fsp3) is 0.379. The minimum Gasteiger partial charge on any atom is -0.495 e. The molecule has 0 radical (unpaired) electrons. The number of benzene rings is 2. The van der Waals surface area contributed by atoms with Gasteiger partial charge in [-0.3, -0.25) is 9.59 Å². The quantitative estimate of drug-likeness (QED) is 0.483. The van der Waals surface area contributed by atoms with Crippen LogP contribution in [0.25, 0.3) is 0 Å². The summed E-state index contributed by atoms with van der Waals surface area (Å²) in [7, 11) is 1.70. The molecule has 2 amide bonds.